The highest BCUT2D eigenvalue weighted by Crippen LogP contribution is 2.18. The molecule has 1 saturated heterocycles. The summed E-state index contributed by atoms with van der Waals surface area (Å²) < 4.78 is 32.1. The van der Waals surface area contributed by atoms with Crippen LogP contribution < -0.4 is 0 Å². The Bertz CT molecular complexity index is 1150. The summed E-state index contributed by atoms with van der Waals surface area (Å²) in [5.41, 5.74) is 2.86. The van der Waals surface area contributed by atoms with Gasteiger partial charge in [0.1, 0.15) is 0 Å². The standard InChI is InChI=1S/C22H23ClN4O3S/c1-17-2-6-19(7-3-17)22-24-21(30-25-22)16-26-11-13-27(14-12-26)31(28,29)15-10-18-4-8-20(23)9-5-18/h2-10,15H,11-14,16H2,1H3/b15-10+. The number of nitrogens with zero attached hydrogens (tertiary/aromatic N) is 4. The molecule has 3 aromatic rings. The molecule has 4 rings (SSSR count). The molecule has 0 bridgehead atoms. The zero-order valence-electron chi connectivity index (χ0n) is 17.1. The van der Waals surface area contributed by atoms with Crippen LogP contribution in [0.5, 0.6) is 0 Å². The minimum Gasteiger partial charge on any atom is -0.338 e. The number of piperazine rings is 1. The fourth-order valence-electron chi connectivity index (χ4n) is 3.30. The van der Waals surface area contributed by atoms with E-state index in [1.54, 1.807) is 30.3 Å². The number of aromatic nitrogens is 2. The Balaban J connectivity index is 1.32. The lowest BCUT2D eigenvalue weighted by Gasteiger charge is -2.32. The third-order valence-corrected chi connectivity index (χ3v) is 6.95. The lowest BCUT2D eigenvalue weighted by molar-refractivity contribution is 0.164. The van der Waals surface area contributed by atoms with Gasteiger partial charge in [0.2, 0.25) is 21.7 Å². The Hall–Kier alpha value is -2.52. The normalized spacial score (nSPS) is 16.2. The summed E-state index contributed by atoms with van der Waals surface area (Å²) in [6.07, 6.45) is 1.59. The fourth-order valence-corrected chi connectivity index (χ4v) is 4.60. The molecule has 31 heavy (non-hydrogen) atoms. The van der Waals surface area contributed by atoms with Crippen LogP contribution in [0.1, 0.15) is 17.0 Å². The molecule has 1 aliphatic heterocycles. The molecule has 162 valence electrons. The first kappa shape index (κ1) is 21.7. The second kappa shape index (κ2) is 9.32. The monoisotopic (exact) mass is 458 g/mol. The molecule has 0 unspecified atom stereocenters. The SMILES string of the molecule is Cc1ccc(-c2noc(CN3CCN(S(=O)(=O)/C=C/c4ccc(Cl)cc4)CC3)n2)cc1. The van der Waals surface area contributed by atoms with Gasteiger partial charge in [0.25, 0.3) is 0 Å². The van der Waals surface area contributed by atoms with Gasteiger partial charge in [-0.25, -0.2) is 8.42 Å². The zero-order valence-corrected chi connectivity index (χ0v) is 18.7. The predicted molar refractivity (Wildman–Crippen MR) is 121 cm³/mol. The number of halogens is 1. The van der Waals surface area contributed by atoms with E-state index in [0.717, 1.165) is 11.1 Å². The number of hydrogen-bond donors (Lipinski definition) is 0. The average Bonchev–Trinajstić information content (AvgIpc) is 3.23. The Morgan fingerprint density at radius 2 is 1.71 bits per heavy atom. The second-order valence-corrected chi connectivity index (χ2v) is 9.71. The summed E-state index contributed by atoms with van der Waals surface area (Å²) in [7, 11) is -3.48. The van der Waals surface area contributed by atoms with Crippen LogP contribution in [0.4, 0.5) is 0 Å². The summed E-state index contributed by atoms with van der Waals surface area (Å²) >= 11 is 5.86. The van der Waals surface area contributed by atoms with Crippen molar-refractivity contribution < 1.29 is 12.9 Å². The predicted octanol–water partition coefficient (Wildman–Crippen LogP) is 3.82. The Labute approximate surface area is 187 Å². The topological polar surface area (TPSA) is 79.5 Å². The maximum atomic E-state index is 12.6. The third-order valence-electron chi connectivity index (χ3n) is 5.13. The third kappa shape index (κ3) is 5.59. The number of hydrogen-bond acceptors (Lipinski definition) is 6. The van der Waals surface area contributed by atoms with E-state index in [2.05, 4.69) is 15.0 Å². The zero-order chi connectivity index (χ0) is 21.8. The first-order chi connectivity index (χ1) is 14.9. The van der Waals surface area contributed by atoms with Crippen molar-refractivity contribution in [2.24, 2.45) is 0 Å². The van der Waals surface area contributed by atoms with E-state index in [9.17, 15) is 8.42 Å². The van der Waals surface area contributed by atoms with Crippen molar-refractivity contribution in [1.29, 1.82) is 0 Å². The maximum absolute atomic E-state index is 12.6. The Morgan fingerprint density at radius 1 is 1.03 bits per heavy atom. The van der Waals surface area contributed by atoms with E-state index >= 15 is 0 Å². The van der Waals surface area contributed by atoms with Gasteiger partial charge < -0.3 is 4.52 Å². The Kier molecular flexibility index (Phi) is 6.52. The van der Waals surface area contributed by atoms with E-state index in [4.69, 9.17) is 16.1 Å². The highest BCUT2D eigenvalue weighted by atomic mass is 35.5. The molecule has 0 aliphatic carbocycles. The van der Waals surface area contributed by atoms with Crippen molar-refractivity contribution in [3.8, 4) is 11.4 Å². The van der Waals surface area contributed by atoms with Crippen LogP contribution in [0, 0.1) is 6.92 Å². The fraction of sp³-hybridized carbons (Fsp3) is 0.273. The molecular weight excluding hydrogens is 436 g/mol. The van der Waals surface area contributed by atoms with Crippen molar-refractivity contribution in [3.63, 3.8) is 0 Å². The van der Waals surface area contributed by atoms with Gasteiger partial charge in [-0.05, 0) is 30.7 Å². The number of benzene rings is 2. The van der Waals surface area contributed by atoms with E-state index in [-0.39, 0.29) is 0 Å². The van der Waals surface area contributed by atoms with E-state index < -0.39 is 10.0 Å². The first-order valence-electron chi connectivity index (χ1n) is 9.95. The largest absolute Gasteiger partial charge is 0.338 e. The van der Waals surface area contributed by atoms with Crippen LogP contribution in [0.15, 0.2) is 58.5 Å². The molecule has 9 heteroatoms. The van der Waals surface area contributed by atoms with Crippen LogP contribution in [0.3, 0.4) is 0 Å². The number of rotatable bonds is 6. The van der Waals surface area contributed by atoms with Gasteiger partial charge in [-0.2, -0.15) is 9.29 Å². The molecule has 7 nitrogen and oxygen atoms in total. The summed E-state index contributed by atoms with van der Waals surface area (Å²) in [6.45, 7) is 4.52. The first-order valence-corrected chi connectivity index (χ1v) is 11.8. The van der Waals surface area contributed by atoms with Gasteiger partial charge >= 0.3 is 0 Å². The van der Waals surface area contributed by atoms with Crippen LogP contribution in [0.2, 0.25) is 5.02 Å². The van der Waals surface area contributed by atoms with Crippen LogP contribution in [-0.4, -0.2) is 53.9 Å². The van der Waals surface area contributed by atoms with Crippen LogP contribution in [0.25, 0.3) is 17.5 Å². The summed E-state index contributed by atoms with van der Waals surface area (Å²) in [5, 5.41) is 5.92. The highest BCUT2D eigenvalue weighted by Gasteiger charge is 2.26. The summed E-state index contributed by atoms with van der Waals surface area (Å²) in [5.74, 6) is 1.08. The van der Waals surface area contributed by atoms with Crippen molar-refractivity contribution >= 4 is 27.7 Å². The van der Waals surface area contributed by atoms with Crippen molar-refractivity contribution in [3.05, 3.63) is 76.0 Å². The molecule has 0 spiro atoms. The lowest BCUT2D eigenvalue weighted by atomic mass is 10.1. The van der Waals surface area contributed by atoms with Crippen molar-refractivity contribution in [1.82, 2.24) is 19.3 Å². The molecule has 0 saturated carbocycles. The van der Waals surface area contributed by atoms with Crippen LogP contribution in [-0.2, 0) is 16.6 Å². The number of aryl methyl sites for hydroxylation is 1. The van der Waals surface area contributed by atoms with Crippen LogP contribution >= 0.6 is 11.6 Å². The molecule has 1 aliphatic rings. The van der Waals surface area contributed by atoms with Gasteiger partial charge in [0.15, 0.2) is 0 Å². The van der Waals surface area contributed by atoms with E-state index in [0.29, 0.717) is 49.5 Å². The molecule has 0 atom stereocenters. The van der Waals surface area contributed by atoms with Gasteiger partial charge in [0, 0.05) is 42.2 Å². The Morgan fingerprint density at radius 3 is 2.39 bits per heavy atom. The quantitative estimate of drug-likeness (QED) is 0.558. The molecular formula is C22H23ClN4O3S. The van der Waals surface area contributed by atoms with Gasteiger partial charge in [-0.15, -0.1) is 0 Å². The molecule has 1 fully saturated rings. The summed E-state index contributed by atoms with van der Waals surface area (Å²) in [4.78, 5) is 6.58. The second-order valence-electron chi connectivity index (χ2n) is 7.45. The molecule has 1 aromatic heterocycles. The molecule has 0 amide bonds. The molecule has 0 radical (unpaired) electrons. The van der Waals surface area contributed by atoms with Gasteiger partial charge in [-0.1, -0.05) is 58.7 Å². The molecule has 0 N–H and O–H groups in total. The van der Waals surface area contributed by atoms with Crippen molar-refractivity contribution in [2.45, 2.75) is 13.5 Å². The van der Waals surface area contributed by atoms with Gasteiger partial charge in [0.05, 0.1) is 6.54 Å². The molecule has 2 heterocycles. The lowest BCUT2D eigenvalue weighted by Crippen LogP contribution is -2.47. The van der Waals surface area contributed by atoms with E-state index in [1.807, 2.05) is 31.2 Å². The van der Waals surface area contributed by atoms with Crippen molar-refractivity contribution in [2.75, 3.05) is 26.2 Å². The average molecular weight is 459 g/mol. The molecule has 2 aromatic carbocycles. The van der Waals surface area contributed by atoms with Gasteiger partial charge in [-0.3, -0.25) is 4.90 Å². The minimum absolute atomic E-state index is 0.409. The number of sulfonamides is 1. The smallest absolute Gasteiger partial charge is 0.241 e. The minimum atomic E-state index is -3.48. The summed E-state index contributed by atoms with van der Waals surface area (Å²) in [6, 6.07) is 15.0. The highest BCUT2D eigenvalue weighted by molar-refractivity contribution is 7.92. The van der Waals surface area contributed by atoms with E-state index in [1.165, 1.54) is 15.3 Å². The maximum Gasteiger partial charge on any atom is 0.241 e.